The predicted molar refractivity (Wildman–Crippen MR) is 60.7 cm³/mol. The second kappa shape index (κ2) is 4.00. The summed E-state index contributed by atoms with van der Waals surface area (Å²) in [6.07, 6.45) is 1.61. The van der Waals surface area contributed by atoms with E-state index in [4.69, 9.17) is 10.3 Å². The Hall–Kier alpha value is -2.03. The summed E-state index contributed by atoms with van der Waals surface area (Å²) in [5.41, 5.74) is 1.99. The summed E-state index contributed by atoms with van der Waals surface area (Å²) in [5, 5.41) is 3.49. The van der Waals surface area contributed by atoms with E-state index in [1.165, 1.54) is 0 Å². The molecule has 0 fully saturated rings. The van der Waals surface area contributed by atoms with Gasteiger partial charge in [0.1, 0.15) is 11.5 Å². The minimum atomic E-state index is 0.861. The minimum Gasteiger partial charge on any atom is -0.461 e. The smallest absolute Gasteiger partial charge is 0.134 e. The van der Waals surface area contributed by atoms with E-state index in [0.29, 0.717) is 0 Å². The van der Waals surface area contributed by atoms with Gasteiger partial charge in [-0.15, -0.1) is 0 Å². The van der Waals surface area contributed by atoms with E-state index in [9.17, 15) is 0 Å². The Balaban J connectivity index is 2.40. The van der Waals surface area contributed by atoms with E-state index in [-0.39, 0.29) is 0 Å². The molecule has 2 aromatic rings. The van der Waals surface area contributed by atoms with Crippen molar-refractivity contribution in [2.24, 2.45) is 10.9 Å². The molecule has 0 amide bonds. The fraction of sp³-hybridized carbons (Fsp3) is 0.0833. The average molecular weight is 200 g/mol. The molecule has 0 saturated heterocycles. The summed E-state index contributed by atoms with van der Waals surface area (Å²) in [4.78, 5) is 0. The highest BCUT2D eigenvalue weighted by Gasteiger charge is 2.02. The van der Waals surface area contributed by atoms with E-state index < -0.39 is 0 Å². The molecule has 0 spiro atoms. The van der Waals surface area contributed by atoms with Crippen LogP contribution in [0.15, 0.2) is 45.9 Å². The molecule has 0 atom stereocenters. The van der Waals surface area contributed by atoms with Crippen LogP contribution in [0.1, 0.15) is 11.3 Å². The van der Waals surface area contributed by atoms with Crippen LogP contribution in [-0.4, -0.2) is 6.21 Å². The van der Waals surface area contributed by atoms with Gasteiger partial charge in [0.2, 0.25) is 0 Å². The van der Waals surface area contributed by atoms with Crippen LogP contribution in [0, 0.1) is 6.92 Å². The molecule has 2 N–H and O–H groups in total. The van der Waals surface area contributed by atoms with Crippen LogP contribution in [-0.2, 0) is 0 Å². The summed E-state index contributed by atoms with van der Waals surface area (Å²) in [6, 6.07) is 11.8. The van der Waals surface area contributed by atoms with Crippen molar-refractivity contribution in [2.45, 2.75) is 6.92 Å². The van der Waals surface area contributed by atoms with Gasteiger partial charge in [0.15, 0.2) is 0 Å². The van der Waals surface area contributed by atoms with Gasteiger partial charge in [0.25, 0.3) is 0 Å². The van der Waals surface area contributed by atoms with Crippen molar-refractivity contribution in [1.82, 2.24) is 0 Å². The van der Waals surface area contributed by atoms with E-state index in [2.05, 4.69) is 5.10 Å². The molecule has 0 radical (unpaired) electrons. The topological polar surface area (TPSA) is 51.5 Å². The lowest BCUT2D eigenvalue weighted by molar-refractivity contribution is 0.548. The molecule has 3 heteroatoms. The summed E-state index contributed by atoms with van der Waals surface area (Å²) in [5.74, 6) is 6.87. The van der Waals surface area contributed by atoms with E-state index >= 15 is 0 Å². The second-order valence-electron chi connectivity index (χ2n) is 3.31. The minimum absolute atomic E-state index is 0.861. The normalized spacial score (nSPS) is 11.0. The molecule has 1 aromatic carbocycles. The Kier molecular flexibility index (Phi) is 2.54. The quantitative estimate of drug-likeness (QED) is 0.460. The van der Waals surface area contributed by atoms with Gasteiger partial charge in [-0.2, -0.15) is 5.10 Å². The van der Waals surface area contributed by atoms with Crippen molar-refractivity contribution in [2.75, 3.05) is 0 Å². The highest BCUT2D eigenvalue weighted by Crippen LogP contribution is 2.22. The third-order valence-corrected chi connectivity index (χ3v) is 2.14. The zero-order chi connectivity index (χ0) is 10.7. The zero-order valence-electron chi connectivity index (χ0n) is 8.47. The second-order valence-corrected chi connectivity index (χ2v) is 3.31. The molecule has 0 saturated carbocycles. The molecule has 1 aromatic heterocycles. The van der Waals surface area contributed by atoms with Crippen LogP contribution in [0.2, 0.25) is 0 Å². The first kappa shape index (κ1) is 9.52. The van der Waals surface area contributed by atoms with Gasteiger partial charge in [-0.3, -0.25) is 0 Å². The van der Waals surface area contributed by atoms with E-state index in [0.717, 1.165) is 22.6 Å². The third kappa shape index (κ3) is 2.07. The fourth-order valence-electron chi connectivity index (χ4n) is 1.45. The fourth-order valence-corrected chi connectivity index (χ4v) is 1.45. The van der Waals surface area contributed by atoms with Gasteiger partial charge >= 0.3 is 0 Å². The first-order valence-electron chi connectivity index (χ1n) is 4.70. The summed E-state index contributed by atoms with van der Waals surface area (Å²) in [6.45, 7) is 1.93. The SMILES string of the molecule is Cc1ccc(-c2cccc(C=NN)c2)o1. The van der Waals surface area contributed by atoms with Gasteiger partial charge < -0.3 is 10.3 Å². The Morgan fingerprint density at radius 2 is 2.13 bits per heavy atom. The number of hydrogen-bond acceptors (Lipinski definition) is 3. The number of hydrazone groups is 1. The highest BCUT2D eigenvalue weighted by molar-refractivity contribution is 5.81. The van der Waals surface area contributed by atoms with Crippen molar-refractivity contribution in [1.29, 1.82) is 0 Å². The molecule has 1 heterocycles. The van der Waals surface area contributed by atoms with Crippen molar-refractivity contribution < 1.29 is 4.42 Å². The Labute approximate surface area is 88.2 Å². The first-order valence-corrected chi connectivity index (χ1v) is 4.70. The average Bonchev–Trinajstić information content (AvgIpc) is 2.66. The van der Waals surface area contributed by atoms with Crippen molar-refractivity contribution in [3.63, 3.8) is 0 Å². The highest BCUT2D eigenvalue weighted by atomic mass is 16.3. The number of aryl methyl sites for hydroxylation is 1. The van der Waals surface area contributed by atoms with Crippen LogP contribution in [0.4, 0.5) is 0 Å². The first-order chi connectivity index (χ1) is 7.29. The maximum atomic E-state index is 5.53. The summed E-state index contributed by atoms with van der Waals surface area (Å²) >= 11 is 0. The third-order valence-electron chi connectivity index (χ3n) is 2.14. The monoisotopic (exact) mass is 200 g/mol. The van der Waals surface area contributed by atoms with Crippen LogP contribution < -0.4 is 5.84 Å². The van der Waals surface area contributed by atoms with Gasteiger partial charge in [0, 0.05) is 5.56 Å². The largest absolute Gasteiger partial charge is 0.461 e. The number of rotatable bonds is 2. The Bertz CT molecular complexity index is 486. The summed E-state index contributed by atoms with van der Waals surface area (Å²) in [7, 11) is 0. The van der Waals surface area contributed by atoms with Crippen molar-refractivity contribution in [3.05, 3.63) is 47.7 Å². The van der Waals surface area contributed by atoms with Crippen LogP contribution in [0.3, 0.4) is 0 Å². The number of nitrogens with zero attached hydrogens (tertiary/aromatic N) is 1. The molecule has 0 aliphatic heterocycles. The lowest BCUT2D eigenvalue weighted by Gasteiger charge is -1.98. The van der Waals surface area contributed by atoms with Gasteiger partial charge in [-0.1, -0.05) is 18.2 Å². The molecule has 2 rings (SSSR count). The molecule has 0 aliphatic rings. The lowest BCUT2D eigenvalue weighted by Crippen LogP contribution is -1.86. The van der Waals surface area contributed by atoms with E-state index in [1.807, 2.05) is 43.3 Å². The van der Waals surface area contributed by atoms with E-state index in [1.54, 1.807) is 6.21 Å². The molecule has 76 valence electrons. The molecule has 0 aliphatic carbocycles. The van der Waals surface area contributed by atoms with Crippen LogP contribution in [0.25, 0.3) is 11.3 Å². The Morgan fingerprint density at radius 1 is 1.27 bits per heavy atom. The molecule has 3 nitrogen and oxygen atoms in total. The van der Waals surface area contributed by atoms with Gasteiger partial charge in [0.05, 0.1) is 6.21 Å². The zero-order valence-corrected chi connectivity index (χ0v) is 8.47. The van der Waals surface area contributed by atoms with Gasteiger partial charge in [-0.25, -0.2) is 0 Å². The summed E-state index contributed by atoms with van der Waals surface area (Å²) < 4.78 is 5.53. The van der Waals surface area contributed by atoms with Crippen LogP contribution in [0.5, 0.6) is 0 Å². The number of benzene rings is 1. The van der Waals surface area contributed by atoms with Gasteiger partial charge in [-0.05, 0) is 30.7 Å². The molecule has 0 bridgehead atoms. The maximum Gasteiger partial charge on any atom is 0.134 e. The molecular weight excluding hydrogens is 188 g/mol. The number of nitrogens with two attached hydrogens (primary N) is 1. The lowest BCUT2D eigenvalue weighted by atomic mass is 10.1. The Morgan fingerprint density at radius 3 is 2.80 bits per heavy atom. The molecule has 0 unspecified atom stereocenters. The molecule has 15 heavy (non-hydrogen) atoms. The molecular formula is C12H12N2O. The van der Waals surface area contributed by atoms with Crippen molar-refractivity contribution >= 4 is 6.21 Å². The van der Waals surface area contributed by atoms with Crippen molar-refractivity contribution in [3.8, 4) is 11.3 Å². The number of furan rings is 1. The predicted octanol–water partition coefficient (Wildman–Crippen LogP) is 2.55. The maximum absolute atomic E-state index is 5.53. The standard InChI is InChI=1S/C12H12N2O/c1-9-5-6-12(15-9)11-4-2-3-10(7-11)8-14-13/h2-8H,13H2,1H3. The van der Waals surface area contributed by atoms with Crippen LogP contribution >= 0.6 is 0 Å². The number of hydrogen-bond donors (Lipinski definition) is 1.